The molecular formula is C8H18N2. The summed E-state index contributed by atoms with van der Waals surface area (Å²) in [5, 5.41) is 6.85. The molecule has 0 aromatic heterocycles. The van der Waals surface area contributed by atoms with E-state index in [0.717, 1.165) is 0 Å². The largest absolute Gasteiger partial charge is 0.315 e. The predicted octanol–water partition coefficient (Wildman–Crippen LogP) is 0.736. The topological polar surface area (TPSA) is 24.1 Å². The lowest BCUT2D eigenvalue weighted by atomic mass is 9.97. The van der Waals surface area contributed by atoms with Gasteiger partial charge < -0.3 is 10.6 Å². The molecule has 2 unspecified atom stereocenters. The molecule has 10 heavy (non-hydrogen) atoms. The van der Waals surface area contributed by atoms with Gasteiger partial charge in [-0.1, -0.05) is 6.92 Å². The Bertz CT molecular complexity index is 81.3. The SMILES string of the molecule is CCC1NCCCC1NC. The lowest BCUT2D eigenvalue weighted by Gasteiger charge is -2.31. The molecule has 0 spiro atoms. The fourth-order valence-electron chi connectivity index (χ4n) is 1.73. The normalized spacial score (nSPS) is 34.2. The minimum absolute atomic E-state index is 0.707. The highest BCUT2D eigenvalue weighted by Crippen LogP contribution is 2.10. The Morgan fingerprint density at radius 2 is 2.40 bits per heavy atom. The molecule has 0 aromatic carbocycles. The van der Waals surface area contributed by atoms with Gasteiger partial charge in [-0.25, -0.2) is 0 Å². The minimum Gasteiger partial charge on any atom is -0.315 e. The number of hydrogen-bond acceptors (Lipinski definition) is 2. The van der Waals surface area contributed by atoms with Crippen LogP contribution in [0.25, 0.3) is 0 Å². The molecule has 1 aliphatic heterocycles. The van der Waals surface area contributed by atoms with Crippen LogP contribution in [0.4, 0.5) is 0 Å². The van der Waals surface area contributed by atoms with Crippen molar-refractivity contribution in [1.82, 2.24) is 10.6 Å². The molecule has 0 aromatic rings. The second-order valence-electron chi connectivity index (χ2n) is 3.01. The smallest absolute Gasteiger partial charge is 0.0218 e. The number of piperidine rings is 1. The molecule has 0 bridgehead atoms. The van der Waals surface area contributed by atoms with Crippen molar-refractivity contribution in [3.05, 3.63) is 0 Å². The zero-order valence-electron chi connectivity index (χ0n) is 6.98. The van der Waals surface area contributed by atoms with Crippen molar-refractivity contribution in [2.75, 3.05) is 13.6 Å². The molecule has 0 radical (unpaired) electrons. The van der Waals surface area contributed by atoms with Crippen molar-refractivity contribution in [3.63, 3.8) is 0 Å². The summed E-state index contributed by atoms with van der Waals surface area (Å²) < 4.78 is 0. The summed E-state index contributed by atoms with van der Waals surface area (Å²) in [6.45, 7) is 3.45. The lowest BCUT2D eigenvalue weighted by molar-refractivity contribution is 0.308. The summed E-state index contributed by atoms with van der Waals surface area (Å²) in [6, 6.07) is 1.41. The van der Waals surface area contributed by atoms with Crippen LogP contribution in [0.15, 0.2) is 0 Å². The molecule has 2 N–H and O–H groups in total. The van der Waals surface area contributed by atoms with Crippen LogP contribution in [-0.4, -0.2) is 25.7 Å². The molecule has 2 nitrogen and oxygen atoms in total. The van der Waals surface area contributed by atoms with Gasteiger partial charge in [0.2, 0.25) is 0 Å². The van der Waals surface area contributed by atoms with Crippen molar-refractivity contribution in [1.29, 1.82) is 0 Å². The van der Waals surface area contributed by atoms with Crippen LogP contribution in [0.5, 0.6) is 0 Å². The molecule has 1 heterocycles. The molecule has 60 valence electrons. The quantitative estimate of drug-likeness (QED) is 0.594. The van der Waals surface area contributed by atoms with Gasteiger partial charge in [-0.15, -0.1) is 0 Å². The first-order chi connectivity index (χ1) is 4.88. The van der Waals surface area contributed by atoms with Crippen LogP contribution in [0.2, 0.25) is 0 Å². The Morgan fingerprint density at radius 1 is 1.60 bits per heavy atom. The van der Waals surface area contributed by atoms with Crippen molar-refractivity contribution in [2.24, 2.45) is 0 Å². The van der Waals surface area contributed by atoms with E-state index in [1.165, 1.54) is 25.8 Å². The summed E-state index contributed by atoms with van der Waals surface area (Å²) in [5.41, 5.74) is 0. The monoisotopic (exact) mass is 142 g/mol. The van der Waals surface area contributed by atoms with Crippen LogP contribution < -0.4 is 10.6 Å². The number of hydrogen-bond donors (Lipinski definition) is 2. The van der Waals surface area contributed by atoms with Crippen molar-refractivity contribution < 1.29 is 0 Å². The zero-order chi connectivity index (χ0) is 7.40. The Balaban J connectivity index is 2.34. The number of nitrogens with one attached hydrogen (secondary N) is 2. The second-order valence-corrected chi connectivity index (χ2v) is 3.01. The molecule has 0 aliphatic carbocycles. The Morgan fingerprint density at radius 3 is 2.90 bits per heavy atom. The van der Waals surface area contributed by atoms with Gasteiger partial charge in [0.1, 0.15) is 0 Å². The average Bonchev–Trinajstić information content (AvgIpc) is 2.04. The molecule has 1 aliphatic rings. The van der Waals surface area contributed by atoms with Gasteiger partial charge in [-0.2, -0.15) is 0 Å². The van der Waals surface area contributed by atoms with E-state index in [2.05, 4.69) is 24.6 Å². The van der Waals surface area contributed by atoms with Gasteiger partial charge in [-0.05, 0) is 32.9 Å². The van der Waals surface area contributed by atoms with Crippen LogP contribution in [0.1, 0.15) is 26.2 Å². The highest BCUT2D eigenvalue weighted by molar-refractivity contribution is 4.84. The first-order valence-corrected chi connectivity index (χ1v) is 4.29. The molecule has 2 heteroatoms. The maximum atomic E-state index is 3.51. The van der Waals surface area contributed by atoms with E-state index in [0.29, 0.717) is 12.1 Å². The average molecular weight is 142 g/mol. The van der Waals surface area contributed by atoms with Crippen molar-refractivity contribution in [2.45, 2.75) is 38.3 Å². The first kappa shape index (κ1) is 8.02. The third kappa shape index (κ3) is 1.70. The van der Waals surface area contributed by atoms with Gasteiger partial charge >= 0.3 is 0 Å². The van der Waals surface area contributed by atoms with E-state index in [1.807, 2.05) is 0 Å². The Kier molecular flexibility index (Phi) is 3.16. The summed E-state index contributed by atoms with van der Waals surface area (Å²) in [7, 11) is 2.06. The third-order valence-electron chi connectivity index (χ3n) is 2.39. The molecule has 1 fully saturated rings. The lowest BCUT2D eigenvalue weighted by Crippen LogP contribution is -2.50. The molecule has 0 amide bonds. The van der Waals surface area contributed by atoms with Crippen LogP contribution in [0.3, 0.4) is 0 Å². The maximum Gasteiger partial charge on any atom is 0.0218 e. The van der Waals surface area contributed by atoms with E-state index in [4.69, 9.17) is 0 Å². The van der Waals surface area contributed by atoms with Crippen LogP contribution in [-0.2, 0) is 0 Å². The van der Waals surface area contributed by atoms with E-state index in [-0.39, 0.29) is 0 Å². The highest BCUT2D eigenvalue weighted by atomic mass is 15.0. The van der Waals surface area contributed by atoms with E-state index in [1.54, 1.807) is 0 Å². The van der Waals surface area contributed by atoms with Crippen molar-refractivity contribution in [3.8, 4) is 0 Å². The van der Waals surface area contributed by atoms with E-state index < -0.39 is 0 Å². The van der Waals surface area contributed by atoms with Gasteiger partial charge in [0.15, 0.2) is 0 Å². The Hall–Kier alpha value is -0.0800. The highest BCUT2D eigenvalue weighted by Gasteiger charge is 2.20. The predicted molar refractivity (Wildman–Crippen MR) is 44.2 cm³/mol. The fourth-order valence-corrected chi connectivity index (χ4v) is 1.73. The molecule has 2 atom stereocenters. The summed E-state index contributed by atoms with van der Waals surface area (Å²) >= 11 is 0. The molecule has 1 saturated heterocycles. The standard InChI is InChI=1S/C8H18N2/c1-3-7-8(9-2)5-4-6-10-7/h7-10H,3-6H2,1-2H3. The zero-order valence-corrected chi connectivity index (χ0v) is 6.98. The number of rotatable bonds is 2. The first-order valence-electron chi connectivity index (χ1n) is 4.29. The Labute approximate surface area is 63.4 Å². The van der Waals surface area contributed by atoms with Gasteiger partial charge in [-0.3, -0.25) is 0 Å². The van der Waals surface area contributed by atoms with Crippen molar-refractivity contribution >= 4 is 0 Å². The third-order valence-corrected chi connectivity index (χ3v) is 2.39. The molecule has 0 saturated carbocycles. The number of likely N-dealkylation sites (N-methyl/N-ethyl adjacent to an activating group) is 1. The van der Waals surface area contributed by atoms with Gasteiger partial charge in [0.05, 0.1) is 0 Å². The van der Waals surface area contributed by atoms with Crippen LogP contribution >= 0.6 is 0 Å². The van der Waals surface area contributed by atoms with Gasteiger partial charge in [0.25, 0.3) is 0 Å². The summed E-state index contributed by atoms with van der Waals surface area (Å²) in [4.78, 5) is 0. The molecular weight excluding hydrogens is 124 g/mol. The summed E-state index contributed by atoms with van der Waals surface area (Å²) in [5.74, 6) is 0. The van der Waals surface area contributed by atoms with E-state index >= 15 is 0 Å². The maximum absolute atomic E-state index is 3.51. The van der Waals surface area contributed by atoms with Gasteiger partial charge in [0, 0.05) is 12.1 Å². The van der Waals surface area contributed by atoms with E-state index in [9.17, 15) is 0 Å². The summed E-state index contributed by atoms with van der Waals surface area (Å²) in [6.07, 6.45) is 3.90. The fraction of sp³-hybridized carbons (Fsp3) is 1.00. The van der Waals surface area contributed by atoms with Crippen LogP contribution in [0, 0.1) is 0 Å². The minimum atomic E-state index is 0.707. The second kappa shape index (κ2) is 3.94. The molecule has 1 rings (SSSR count).